The van der Waals surface area contributed by atoms with Gasteiger partial charge in [-0.1, -0.05) is 6.07 Å². The SMILES string of the molecule is CN=C(NCCC(=O)N1CCCCC1C)NCCc1ccccn1. The standard InChI is InChI=1S/C18H29N5O/c1-15-7-4-6-14-23(15)17(24)10-13-22-18(19-2)21-12-9-16-8-3-5-11-20-16/h3,5,8,11,15H,4,6-7,9-10,12-14H2,1-2H3,(H2,19,21,22). The van der Waals surface area contributed by atoms with Crippen LogP contribution in [0.25, 0.3) is 0 Å². The summed E-state index contributed by atoms with van der Waals surface area (Å²) in [5, 5.41) is 6.47. The van der Waals surface area contributed by atoms with Crippen LogP contribution in [-0.2, 0) is 11.2 Å². The van der Waals surface area contributed by atoms with Crippen molar-refractivity contribution in [2.24, 2.45) is 4.99 Å². The molecule has 2 rings (SSSR count). The number of piperidine rings is 1. The molecule has 1 saturated heterocycles. The highest BCUT2D eigenvalue weighted by Gasteiger charge is 2.22. The molecule has 0 aliphatic carbocycles. The van der Waals surface area contributed by atoms with E-state index < -0.39 is 0 Å². The minimum absolute atomic E-state index is 0.235. The zero-order valence-corrected chi connectivity index (χ0v) is 14.8. The molecule has 1 atom stereocenters. The molecule has 1 fully saturated rings. The minimum atomic E-state index is 0.235. The fraction of sp³-hybridized carbons (Fsp3) is 0.611. The molecule has 1 aromatic rings. The van der Waals surface area contributed by atoms with E-state index in [1.807, 2.05) is 23.1 Å². The number of amides is 1. The van der Waals surface area contributed by atoms with Gasteiger partial charge in [-0.3, -0.25) is 14.8 Å². The van der Waals surface area contributed by atoms with E-state index in [-0.39, 0.29) is 5.91 Å². The molecule has 132 valence electrons. The molecule has 1 unspecified atom stereocenters. The summed E-state index contributed by atoms with van der Waals surface area (Å²) in [5.41, 5.74) is 1.05. The first kappa shape index (κ1) is 18.2. The summed E-state index contributed by atoms with van der Waals surface area (Å²) in [7, 11) is 1.74. The highest BCUT2D eigenvalue weighted by atomic mass is 16.2. The van der Waals surface area contributed by atoms with Gasteiger partial charge in [0.2, 0.25) is 5.91 Å². The topological polar surface area (TPSA) is 69.6 Å². The first-order valence-corrected chi connectivity index (χ1v) is 8.84. The lowest BCUT2D eigenvalue weighted by atomic mass is 10.0. The number of carbonyl (C=O) groups excluding carboxylic acids is 1. The first-order chi connectivity index (χ1) is 11.7. The number of hydrogen-bond donors (Lipinski definition) is 2. The number of likely N-dealkylation sites (tertiary alicyclic amines) is 1. The summed E-state index contributed by atoms with van der Waals surface area (Å²) >= 11 is 0. The Kier molecular flexibility index (Phi) is 7.52. The van der Waals surface area contributed by atoms with Crippen LogP contribution in [0.1, 0.15) is 38.3 Å². The number of nitrogens with zero attached hydrogens (tertiary/aromatic N) is 3. The lowest BCUT2D eigenvalue weighted by molar-refractivity contribution is -0.134. The van der Waals surface area contributed by atoms with Crippen LogP contribution >= 0.6 is 0 Å². The van der Waals surface area contributed by atoms with Gasteiger partial charge < -0.3 is 15.5 Å². The average Bonchev–Trinajstić information content (AvgIpc) is 2.61. The number of hydrogen-bond acceptors (Lipinski definition) is 3. The Morgan fingerprint density at radius 2 is 2.17 bits per heavy atom. The molecule has 6 heteroatoms. The summed E-state index contributed by atoms with van der Waals surface area (Å²) in [5.74, 6) is 0.962. The molecule has 0 bridgehead atoms. The molecule has 0 aromatic carbocycles. The maximum atomic E-state index is 12.3. The molecule has 2 heterocycles. The molecule has 0 radical (unpaired) electrons. The van der Waals surface area contributed by atoms with E-state index in [0.717, 1.165) is 44.0 Å². The van der Waals surface area contributed by atoms with Crippen molar-refractivity contribution in [3.05, 3.63) is 30.1 Å². The number of aromatic nitrogens is 1. The summed E-state index contributed by atoms with van der Waals surface area (Å²) in [6.07, 6.45) is 6.62. The van der Waals surface area contributed by atoms with Crippen LogP contribution < -0.4 is 10.6 Å². The Morgan fingerprint density at radius 3 is 2.88 bits per heavy atom. The predicted molar refractivity (Wildman–Crippen MR) is 96.9 cm³/mol. The number of rotatable bonds is 6. The summed E-state index contributed by atoms with van der Waals surface area (Å²) in [6.45, 7) is 4.40. The third kappa shape index (κ3) is 5.83. The number of nitrogens with one attached hydrogen (secondary N) is 2. The zero-order chi connectivity index (χ0) is 17.2. The minimum Gasteiger partial charge on any atom is -0.356 e. The molecule has 1 aromatic heterocycles. The van der Waals surface area contributed by atoms with Crippen molar-refractivity contribution in [2.75, 3.05) is 26.7 Å². The van der Waals surface area contributed by atoms with Crippen molar-refractivity contribution in [3.8, 4) is 0 Å². The van der Waals surface area contributed by atoms with Crippen molar-refractivity contribution in [2.45, 2.75) is 45.1 Å². The van der Waals surface area contributed by atoms with E-state index >= 15 is 0 Å². The van der Waals surface area contributed by atoms with E-state index in [0.29, 0.717) is 19.0 Å². The largest absolute Gasteiger partial charge is 0.356 e. The second-order valence-electron chi connectivity index (χ2n) is 6.18. The van der Waals surface area contributed by atoms with Crippen LogP contribution in [-0.4, -0.2) is 54.5 Å². The van der Waals surface area contributed by atoms with Crippen molar-refractivity contribution < 1.29 is 4.79 Å². The van der Waals surface area contributed by atoms with Crippen LogP contribution in [0.15, 0.2) is 29.4 Å². The molecule has 2 N–H and O–H groups in total. The molecule has 24 heavy (non-hydrogen) atoms. The second kappa shape index (κ2) is 9.90. The normalized spacial score (nSPS) is 18.3. The van der Waals surface area contributed by atoms with Crippen LogP contribution in [0.5, 0.6) is 0 Å². The van der Waals surface area contributed by atoms with Crippen molar-refractivity contribution in [1.29, 1.82) is 0 Å². The van der Waals surface area contributed by atoms with Gasteiger partial charge in [-0.05, 0) is 38.3 Å². The number of aliphatic imine (C=N–C) groups is 1. The predicted octanol–water partition coefficient (Wildman–Crippen LogP) is 1.58. The third-order valence-electron chi connectivity index (χ3n) is 4.38. The van der Waals surface area contributed by atoms with E-state index in [9.17, 15) is 4.79 Å². The highest BCUT2D eigenvalue weighted by Crippen LogP contribution is 2.16. The van der Waals surface area contributed by atoms with Gasteiger partial charge in [0.15, 0.2) is 5.96 Å². The lowest BCUT2D eigenvalue weighted by Gasteiger charge is -2.33. The third-order valence-corrected chi connectivity index (χ3v) is 4.38. The number of guanidine groups is 1. The van der Waals surface area contributed by atoms with Gasteiger partial charge in [-0.2, -0.15) is 0 Å². The molecular formula is C18H29N5O. The smallest absolute Gasteiger partial charge is 0.224 e. The number of carbonyl (C=O) groups is 1. The van der Waals surface area contributed by atoms with E-state index in [1.165, 1.54) is 6.42 Å². The fourth-order valence-electron chi connectivity index (χ4n) is 2.98. The Hall–Kier alpha value is -2.11. The zero-order valence-electron chi connectivity index (χ0n) is 14.8. The van der Waals surface area contributed by atoms with Crippen molar-refractivity contribution in [1.82, 2.24) is 20.5 Å². The van der Waals surface area contributed by atoms with Crippen LogP contribution in [0.4, 0.5) is 0 Å². The maximum Gasteiger partial charge on any atom is 0.224 e. The van der Waals surface area contributed by atoms with Crippen LogP contribution in [0, 0.1) is 0 Å². The Bertz CT molecular complexity index is 531. The van der Waals surface area contributed by atoms with E-state index in [2.05, 4.69) is 27.5 Å². The summed E-state index contributed by atoms with van der Waals surface area (Å²) in [6, 6.07) is 6.29. The van der Waals surface area contributed by atoms with Gasteiger partial charge in [0.05, 0.1) is 0 Å². The van der Waals surface area contributed by atoms with E-state index in [1.54, 1.807) is 13.2 Å². The molecule has 1 aliphatic heterocycles. The van der Waals surface area contributed by atoms with Gasteiger partial charge in [-0.15, -0.1) is 0 Å². The highest BCUT2D eigenvalue weighted by molar-refractivity contribution is 5.81. The average molecular weight is 331 g/mol. The molecular weight excluding hydrogens is 302 g/mol. The first-order valence-electron chi connectivity index (χ1n) is 8.84. The summed E-state index contributed by atoms with van der Waals surface area (Å²) < 4.78 is 0. The molecule has 0 saturated carbocycles. The molecule has 0 spiro atoms. The summed E-state index contributed by atoms with van der Waals surface area (Å²) in [4.78, 5) is 22.8. The fourth-order valence-corrected chi connectivity index (χ4v) is 2.98. The second-order valence-corrected chi connectivity index (χ2v) is 6.18. The molecule has 6 nitrogen and oxygen atoms in total. The van der Waals surface area contributed by atoms with E-state index in [4.69, 9.17) is 0 Å². The van der Waals surface area contributed by atoms with Gasteiger partial charge in [0.1, 0.15) is 0 Å². The Balaban J connectivity index is 1.65. The molecule has 1 aliphatic rings. The number of pyridine rings is 1. The van der Waals surface area contributed by atoms with Crippen LogP contribution in [0.3, 0.4) is 0 Å². The Morgan fingerprint density at radius 1 is 1.33 bits per heavy atom. The van der Waals surface area contributed by atoms with Gasteiger partial charge >= 0.3 is 0 Å². The Labute approximate surface area is 144 Å². The van der Waals surface area contributed by atoms with Gasteiger partial charge in [-0.25, -0.2) is 0 Å². The monoisotopic (exact) mass is 331 g/mol. The van der Waals surface area contributed by atoms with Gasteiger partial charge in [0, 0.05) is 57.5 Å². The van der Waals surface area contributed by atoms with Crippen molar-refractivity contribution in [3.63, 3.8) is 0 Å². The quantitative estimate of drug-likeness (QED) is 0.613. The maximum absolute atomic E-state index is 12.3. The van der Waals surface area contributed by atoms with Crippen LogP contribution in [0.2, 0.25) is 0 Å². The lowest BCUT2D eigenvalue weighted by Crippen LogP contribution is -2.44. The molecule has 1 amide bonds. The van der Waals surface area contributed by atoms with Crippen molar-refractivity contribution >= 4 is 11.9 Å². The van der Waals surface area contributed by atoms with Gasteiger partial charge in [0.25, 0.3) is 0 Å².